The van der Waals surface area contributed by atoms with E-state index >= 15 is 0 Å². The highest BCUT2D eigenvalue weighted by atomic mass is 19.1. The lowest BCUT2D eigenvalue weighted by Gasteiger charge is -2.15. The van der Waals surface area contributed by atoms with Crippen molar-refractivity contribution in [3.05, 3.63) is 47.9 Å². The second-order valence-electron chi connectivity index (χ2n) is 6.80. The van der Waals surface area contributed by atoms with Crippen LogP contribution in [0.1, 0.15) is 11.5 Å². The first-order chi connectivity index (χ1) is 13.6. The highest BCUT2D eigenvalue weighted by Gasteiger charge is 2.34. The lowest BCUT2D eigenvalue weighted by Crippen LogP contribution is -2.24. The third-order valence-electron chi connectivity index (χ3n) is 4.82. The number of halogens is 1. The van der Waals surface area contributed by atoms with E-state index in [1.807, 2.05) is 35.2 Å². The average Bonchev–Trinajstić information content (AvgIpc) is 3.28. The Hall–Kier alpha value is -2.71. The van der Waals surface area contributed by atoms with Crippen molar-refractivity contribution in [2.75, 3.05) is 27.3 Å². The molecule has 0 radical (unpaired) electrons. The zero-order chi connectivity index (χ0) is 19.5. The Balaban J connectivity index is 1.35. The second-order valence-corrected chi connectivity index (χ2v) is 6.80. The molecule has 1 N–H and O–H groups in total. The lowest BCUT2D eigenvalue weighted by molar-refractivity contribution is 0.00861. The van der Waals surface area contributed by atoms with Gasteiger partial charge >= 0.3 is 0 Å². The van der Waals surface area contributed by atoms with Gasteiger partial charge in [0.1, 0.15) is 30.5 Å². The van der Waals surface area contributed by atoms with Crippen LogP contribution in [0.25, 0.3) is 11.0 Å². The number of rotatable bonds is 7. The molecule has 0 spiro atoms. The molecule has 1 fully saturated rings. The maximum Gasteiger partial charge on any atom is 0.213 e. The number of hydrogen-bond acceptors (Lipinski definition) is 6. The monoisotopic (exact) mass is 386 g/mol. The molecule has 2 unspecified atom stereocenters. The van der Waals surface area contributed by atoms with Gasteiger partial charge in [0.25, 0.3) is 0 Å². The van der Waals surface area contributed by atoms with E-state index in [-0.39, 0.29) is 6.61 Å². The first kappa shape index (κ1) is 18.6. The lowest BCUT2D eigenvalue weighted by atomic mass is 10.3. The molecule has 1 aliphatic heterocycles. The molecule has 1 aliphatic rings. The molecule has 0 bridgehead atoms. The van der Waals surface area contributed by atoms with Gasteiger partial charge in [-0.2, -0.15) is 0 Å². The molecule has 4 rings (SSSR count). The molecular formula is C20H23FN4O3. The summed E-state index contributed by atoms with van der Waals surface area (Å²) >= 11 is 0. The van der Waals surface area contributed by atoms with Gasteiger partial charge in [-0.05, 0) is 18.2 Å². The summed E-state index contributed by atoms with van der Waals surface area (Å²) in [5, 5.41) is 0. The van der Waals surface area contributed by atoms with Crippen molar-refractivity contribution < 1.29 is 18.6 Å². The number of ether oxygens (including phenoxy) is 3. The van der Waals surface area contributed by atoms with Crippen LogP contribution in [0.15, 0.2) is 36.4 Å². The Labute approximate surface area is 162 Å². The van der Waals surface area contributed by atoms with Gasteiger partial charge < -0.3 is 19.2 Å². The Morgan fingerprint density at radius 3 is 2.86 bits per heavy atom. The van der Waals surface area contributed by atoms with Gasteiger partial charge in [0.2, 0.25) is 5.88 Å². The zero-order valence-corrected chi connectivity index (χ0v) is 15.9. The molecule has 28 heavy (non-hydrogen) atoms. The number of methoxy groups -OCH3 is 2. The Bertz CT molecular complexity index is 948. The third-order valence-corrected chi connectivity index (χ3v) is 4.82. The van der Waals surface area contributed by atoms with Crippen LogP contribution in [-0.4, -0.2) is 59.4 Å². The number of nitrogens with zero attached hydrogens (tertiary/aromatic N) is 3. The van der Waals surface area contributed by atoms with Crippen LogP contribution in [0.5, 0.6) is 11.6 Å². The van der Waals surface area contributed by atoms with Crippen molar-refractivity contribution in [2.24, 2.45) is 0 Å². The summed E-state index contributed by atoms with van der Waals surface area (Å²) in [6.07, 6.45) is -1.54. The third kappa shape index (κ3) is 4.07. The fourth-order valence-corrected chi connectivity index (χ4v) is 3.41. The van der Waals surface area contributed by atoms with Crippen molar-refractivity contribution in [1.82, 2.24) is 19.9 Å². The number of fused-ring (bicyclic) bond motifs is 1. The van der Waals surface area contributed by atoms with Crippen LogP contribution in [0.4, 0.5) is 4.39 Å². The van der Waals surface area contributed by atoms with Gasteiger partial charge in [-0.3, -0.25) is 4.90 Å². The molecular weight excluding hydrogens is 363 g/mol. The predicted octanol–water partition coefficient (Wildman–Crippen LogP) is 2.71. The summed E-state index contributed by atoms with van der Waals surface area (Å²) in [5.74, 6) is 1.98. The van der Waals surface area contributed by atoms with E-state index in [2.05, 4.69) is 15.0 Å². The van der Waals surface area contributed by atoms with Gasteiger partial charge in [0.05, 0.1) is 30.9 Å². The summed E-state index contributed by atoms with van der Waals surface area (Å²) in [6, 6.07) is 11.2. The summed E-state index contributed by atoms with van der Waals surface area (Å²) in [7, 11) is 3.20. The summed E-state index contributed by atoms with van der Waals surface area (Å²) in [4.78, 5) is 14.1. The van der Waals surface area contributed by atoms with Crippen LogP contribution >= 0.6 is 0 Å². The predicted molar refractivity (Wildman–Crippen MR) is 102 cm³/mol. The number of aromatic amines is 1. The van der Waals surface area contributed by atoms with E-state index in [0.717, 1.165) is 22.5 Å². The molecule has 7 nitrogen and oxygen atoms in total. The minimum absolute atomic E-state index is 0.229. The summed E-state index contributed by atoms with van der Waals surface area (Å²) < 4.78 is 30.6. The maximum atomic E-state index is 14.4. The van der Waals surface area contributed by atoms with Crippen molar-refractivity contribution >= 4 is 11.0 Å². The molecule has 0 aliphatic carbocycles. The number of imidazole rings is 1. The smallest absolute Gasteiger partial charge is 0.213 e. The van der Waals surface area contributed by atoms with Crippen LogP contribution in [0, 0.1) is 0 Å². The summed E-state index contributed by atoms with van der Waals surface area (Å²) in [5.41, 5.74) is 2.54. The van der Waals surface area contributed by atoms with Crippen LogP contribution in [0.3, 0.4) is 0 Å². The number of aromatic nitrogens is 3. The topological polar surface area (TPSA) is 72.5 Å². The van der Waals surface area contributed by atoms with Crippen molar-refractivity contribution in [3.8, 4) is 11.6 Å². The van der Waals surface area contributed by atoms with Gasteiger partial charge in [-0.15, -0.1) is 0 Å². The molecule has 148 valence electrons. The largest absolute Gasteiger partial charge is 0.497 e. The van der Waals surface area contributed by atoms with Gasteiger partial charge in [0, 0.05) is 31.8 Å². The van der Waals surface area contributed by atoms with E-state index in [4.69, 9.17) is 14.2 Å². The molecule has 1 aromatic carbocycles. The number of nitrogens with one attached hydrogen (secondary N) is 1. The summed E-state index contributed by atoms with van der Waals surface area (Å²) in [6.45, 7) is 1.62. The molecule has 3 heterocycles. The van der Waals surface area contributed by atoms with E-state index in [9.17, 15) is 4.39 Å². The number of H-pyrrole nitrogens is 1. The first-order valence-corrected chi connectivity index (χ1v) is 9.15. The number of alkyl halides is 1. The zero-order valence-electron chi connectivity index (χ0n) is 15.9. The minimum atomic E-state index is -1.05. The van der Waals surface area contributed by atoms with Crippen molar-refractivity contribution in [1.29, 1.82) is 0 Å². The van der Waals surface area contributed by atoms with Gasteiger partial charge in [-0.25, -0.2) is 14.4 Å². The molecule has 8 heteroatoms. The van der Waals surface area contributed by atoms with Gasteiger partial charge in [-0.1, -0.05) is 6.07 Å². The number of likely N-dealkylation sites (tertiary alicyclic amines) is 1. The first-order valence-electron chi connectivity index (χ1n) is 9.15. The normalized spacial score (nSPS) is 20.0. The fourth-order valence-electron chi connectivity index (χ4n) is 3.41. The van der Waals surface area contributed by atoms with E-state index in [1.165, 1.54) is 0 Å². The fraction of sp³-hybridized carbons (Fsp3) is 0.400. The maximum absolute atomic E-state index is 14.4. The van der Waals surface area contributed by atoms with Crippen molar-refractivity contribution in [3.63, 3.8) is 0 Å². The molecule has 2 aromatic heterocycles. The van der Waals surface area contributed by atoms with Crippen LogP contribution in [0.2, 0.25) is 0 Å². The molecule has 1 saturated heterocycles. The van der Waals surface area contributed by atoms with Crippen molar-refractivity contribution in [2.45, 2.75) is 25.4 Å². The standard InChI is InChI=1S/C20H23FN4O3/c1-26-14-6-7-16-17(8-14)24-19(23-16)12-28-18-11-25(10-15(18)21)9-13-4-3-5-20(22-13)27-2/h3-8,15,18H,9-12H2,1-2H3,(H,23,24). The minimum Gasteiger partial charge on any atom is -0.497 e. The second kappa shape index (κ2) is 8.12. The molecule has 3 aromatic rings. The number of hydrogen-bond donors (Lipinski definition) is 1. The van der Waals surface area contributed by atoms with Crippen LogP contribution in [-0.2, 0) is 17.9 Å². The highest BCUT2D eigenvalue weighted by molar-refractivity contribution is 5.76. The Morgan fingerprint density at radius 1 is 1.14 bits per heavy atom. The Kier molecular flexibility index (Phi) is 5.40. The molecule has 0 amide bonds. The van der Waals surface area contributed by atoms with E-state index < -0.39 is 12.3 Å². The quantitative estimate of drug-likeness (QED) is 0.673. The highest BCUT2D eigenvalue weighted by Crippen LogP contribution is 2.22. The molecule has 0 saturated carbocycles. The Morgan fingerprint density at radius 2 is 2.04 bits per heavy atom. The number of pyridine rings is 1. The number of benzene rings is 1. The SMILES string of the molecule is COc1ccc2nc(COC3CN(Cc4cccc(OC)n4)CC3F)[nH]c2c1. The van der Waals surface area contributed by atoms with E-state index in [0.29, 0.717) is 31.3 Å². The van der Waals surface area contributed by atoms with E-state index in [1.54, 1.807) is 20.3 Å². The molecule has 2 atom stereocenters. The van der Waals surface area contributed by atoms with Crippen LogP contribution < -0.4 is 9.47 Å². The van der Waals surface area contributed by atoms with Gasteiger partial charge in [0.15, 0.2) is 0 Å². The average molecular weight is 386 g/mol.